The first-order chi connectivity index (χ1) is 12.2. The van der Waals surface area contributed by atoms with Crippen molar-refractivity contribution in [3.8, 4) is 11.5 Å². The quantitative estimate of drug-likeness (QED) is 0.728. The van der Waals surface area contributed by atoms with E-state index in [9.17, 15) is 4.79 Å². The topological polar surface area (TPSA) is 119 Å². The van der Waals surface area contributed by atoms with E-state index in [1.54, 1.807) is 6.07 Å². The van der Waals surface area contributed by atoms with Crippen LogP contribution in [0.1, 0.15) is 46.9 Å². The van der Waals surface area contributed by atoms with E-state index in [0.29, 0.717) is 29.8 Å². The second-order valence-corrected chi connectivity index (χ2v) is 5.81. The number of rotatable bonds is 5. The van der Waals surface area contributed by atoms with Crippen LogP contribution in [0.4, 0.5) is 0 Å². The molecule has 0 radical (unpaired) electrons. The molecule has 9 heteroatoms. The van der Waals surface area contributed by atoms with E-state index in [1.807, 2.05) is 19.1 Å². The molecule has 0 spiro atoms. The molecule has 1 saturated heterocycles. The van der Waals surface area contributed by atoms with Crippen LogP contribution in [0.3, 0.4) is 0 Å². The van der Waals surface area contributed by atoms with Crippen molar-refractivity contribution >= 4 is 5.91 Å². The number of hydrogen-bond donors (Lipinski definition) is 2. The zero-order chi connectivity index (χ0) is 17.2. The minimum Gasteiger partial charge on any atom is -0.460 e. The zero-order valence-electron chi connectivity index (χ0n) is 13.6. The van der Waals surface area contributed by atoms with Gasteiger partial charge in [-0.1, -0.05) is 5.16 Å². The molecular formula is C16H17N5O4. The van der Waals surface area contributed by atoms with E-state index in [4.69, 9.17) is 13.7 Å². The lowest BCUT2D eigenvalue weighted by Crippen LogP contribution is -2.23. The van der Waals surface area contributed by atoms with Crippen molar-refractivity contribution in [1.82, 2.24) is 25.7 Å². The number of nitrogens with zero attached hydrogens (tertiary/aromatic N) is 3. The third kappa shape index (κ3) is 3.31. The first kappa shape index (κ1) is 15.6. The normalized spacial score (nSPS) is 17.1. The summed E-state index contributed by atoms with van der Waals surface area (Å²) in [5.41, 5.74) is 0.894. The highest BCUT2D eigenvalue weighted by atomic mass is 16.5. The van der Waals surface area contributed by atoms with Gasteiger partial charge in [0, 0.05) is 12.7 Å². The molecule has 25 heavy (non-hydrogen) atoms. The summed E-state index contributed by atoms with van der Waals surface area (Å²) in [5, 5.41) is 13.4. The van der Waals surface area contributed by atoms with Gasteiger partial charge >= 0.3 is 0 Å². The van der Waals surface area contributed by atoms with Gasteiger partial charge in [0.25, 0.3) is 11.8 Å². The third-order valence-electron chi connectivity index (χ3n) is 3.91. The molecular weight excluding hydrogens is 326 g/mol. The Morgan fingerprint density at radius 1 is 1.44 bits per heavy atom. The maximum atomic E-state index is 12.2. The summed E-state index contributed by atoms with van der Waals surface area (Å²) in [4.78, 5) is 16.4. The first-order valence-electron chi connectivity index (χ1n) is 8.03. The number of hydrogen-bond acceptors (Lipinski definition) is 7. The number of carbonyl (C=O) groups excluding carboxylic acids is 1. The van der Waals surface area contributed by atoms with Crippen LogP contribution in [0.25, 0.3) is 11.5 Å². The molecule has 1 amide bonds. The average Bonchev–Trinajstić information content (AvgIpc) is 3.38. The molecule has 1 aliphatic heterocycles. The lowest BCUT2D eigenvalue weighted by atomic mass is 10.2. The third-order valence-corrected chi connectivity index (χ3v) is 3.91. The van der Waals surface area contributed by atoms with Crippen LogP contribution in [0, 0.1) is 6.92 Å². The number of carbonyl (C=O) groups is 1. The zero-order valence-corrected chi connectivity index (χ0v) is 13.6. The average molecular weight is 343 g/mol. The van der Waals surface area contributed by atoms with Crippen LogP contribution in [-0.4, -0.2) is 32.9 Å². The number of ether oxygens (including phenoxy) is 1. The van der Waals surface area contributed by atoms with Gasteiger partial charge in [0.15, 0.2) is 17.3 Å². The number of amides is 1. The summed E-state index contributed by atoms with van der Waals surface area (Å²) in [7, 11) is 0. The van der Waals surface area contributed by atoms with Crippen molar-refractivity contribution in [2.24, 2.45) is 0 Å². The minimum atomic E-state index is -0.339. The summed E-state index contributed by atoms with van der Waals surface area (Å²) in [6.07, 6.45) is 1.72. The summed E-state index contributed by atoms with van der Waals surface area (Å²) in [5.74, 6) is 1.93. The molecule has 9 nitrogen and oxygen atoms in total. The predicted molar refractivity (Wildman–Crippen MR) is 84.4 cm³/mol. The summed E-state index contributed by atoms with van der Waals surface area (Å²) < 4.78 is 16.2. The molecule has 3 aromatic heterocycles. The smallest absolute Gasteiger partial charge is 0.272 e. The van der Waals surface area contributed by atoms with E-state index in [0.717, 1.165) is 18.6 Å². The van der Waals surface area contributed by atoms with Gasteiger partial charge in [-0.15, -0.1) is 0 Å². The highest BCUT2D eigenvalue weighted by Gasteiger charge is 2.24. The standard InChI is InChI=1S/C16H17N5O4/c1-9-4-5-12(24-9)10-7-11(20-19-10)15(22)17-8-14-18-16(25-21-14)13-3-2-6-23-13/h4-5,7,13H,2-3,6,8H2,1H3,(H,17,22)(H,19,20)/t13-/m0/s1. The largest absolute Gasteiger partial charge is 0.460 e. The molecule has 0 bridgehead atoms. The van der Waals surface area contributed by atoms with Crippen LogP contribution in [0.2, 0.25) is 0 Å². The fourth-order valence-corrected chi connectivity index (χ4v) is 2.64. The van der Waals surface area contributed by atoms with Gasteiger partial charge in [0.2, 0.25) is 0 Å². The highest BCUT2D eigenvalue weighted by Crippen LogP contribution is 2.26. The van der Waals surface area contributed by atoms with Crippen molar-refractivity contribution in [2.75, 3.05) is 6.61 Å². The van der Waals surface area contributed by atoms with Crippen LogP contribution in [-0.2, 0) is 11.3 Å². The van der Waals surface area contributed by atoms with Crippen molar-refractivity contribution < 1.29 is 18.5 Å². The Hall–Kier alpha value is -2.94. The van der Waals surface area contributed by atoms with Gasteiger partial charge in [0.05, 0.1) is 6.54 Å². The van der Waals surface area contributed by atoms with E-state index in [-0.39, 0.29) is 24.2 Å². The molecule has 1 fully saturated rings. The molecule has 1 aliphatic rings. The Morgan fingerprint density at radius 3 is 3.12 bits per heavy atom. The number of H-pyrrole nitrogens is 1. The van der Waals surface area contributed by atoms with E-state index >= 15 is 0 Å². The van der Waals surface area contributed by atoms with Gasteiger partial charge in [-0.05, 0) is 31.9 Å². The van der Waals surface area contributed by atoms with Crippen molar-refractivity contribution in [1.29, 1.82) is 0 Å². The summed E-state index contributed by atoms with van der Waals surface area (Å²) in [6, 6.07) is 5.29. The number of nitrogens with one attached hydrogen (secondary N) is 2. The van der Waals surface area contributed by atoms with Gasteiger partial charge < -0.3 is 19.0 Å². The Bertz CT molecular complexity index is 875. The first-order valence-corrected chi connectivity index (χ1v) is 8.03. The second-order valence-electron chi connectivity index (χ2n) is 5.81. The van der Waals surface area contributed by atoms with Gasteiger partial charge in [-0.25, -0.2) is 0 Å². The second kappa shape index (κ2) is 6.52. The fourth-order valence-electron chi connectivity index (χ4n) is 2.64. The minimum absolute atomic E-state index is 0.136. The number of aromatic amines is 1. The van der Waals surface area contributed by atoms with E-state index < -0.39 is 0 Å². The van der Waals surface area contributed by atoms with Crippen LogP contribution in [0.5, 0.6) is 0 Å². The molecule has 2 N–H and O–H groups in total. The summed E-state index contributed by atoms with van der Waals surface area (Å²) in [6.45, 7) is 2.70. The van der Waals surface area contributed by atoms with Crippen molar-refractivity contribution in [3.05, 3.63) is 41.4 Å². The number of aromatic nitrogens is 4. The monoisotopic (exact) mass is 343 g/mol. The molecule has 4 heterocycles. The Balaban J connectivity index is 1.37. The van der Waals surface area contributed by atoms with Crippen molar-refractivity contribution in [2.45, 2.75) is 32.4 Å². The van der Waals surface area contributed by atoms with Crippen LogP contribution >= 0.6 is 0 Å². The van der Waals surface area contributed by atoms with Crippen LogP contribution < -0.4 is 5.32 Å². The highest BCUT2D eigenvalue weighted by molar-refractivity contribution is 5.93. The summed E-state index contributed by atoms with van der Waals surface area (Å²) >= 11 is 0. The lowest BCUT2D eigenvalue weighted by molar-refractivity contribution is 0.0835. The number of furan rings is 1. The molecule has 0 unspecified atom stereocenters. The molecule has 0 saturated carbocycles. The molecule has 3 aromatic rings. The van der Waals surface area contributed by atoms with Gasteiger partial charge in [0.1, 0.15) is 17.6 Å². The predicted octanol–water partition coefficient (Wildman–Crippen LogP) is 2.14. The SMILES string of the molecule is Cc1ccc(-c2cc(C(=O)NCc3noc([C@@H]4CCCO4)n3)n[nH]2)o1. The molecule has 0 aromatic carbocycles. The lowest BCUT2D eigenvalue weighted by Gasteiger charge is -2.00. The fraction of sp³-hybridized carbons (Fsp3) is 0.375. The Labute approximate surface area is 142 Å². The van der Waals surface area contributed by atoms with Gasteiger partial charge in [-0.3, -0.25) is 9.89 Å². The van der Waals surface area contributed by atoms with Crippen molar-refractivity contribution in [3.63, 3.8) is 0 Å². The molecule has 4 rings (SSSR count). The van der Waals surface area contributed by atoms with E-state index in [1.165, 1.54) is 0 Å². The molecule has 0 aliphatic carbocycles. The maximum Gasteiger partial charge on any atom is 0.272 e. The Kier molecular flexibility index (Phi) is 4.06. The maximum absolute atomic E-state index is 12.2. The van der Waals surface area contributed by atoms with E-state index in [2.05, 4.69) is 25.7 Å². The molecule has 130 valence electrons. The molecule has 1 atom stereocenters. The Morgan fingerprint density at radius 2 is 2.36 bits per heavy atom. The van der Waals surface area contributed by atoms with Crippen LogP contribution in [0.15, 0.2) is 27.1 Å². The number of aryl methyl sites for hydroxylation is 1. The van der Waals surface area contributed by atoms with Gasteiger partial charge in [-0.2, -0.15) is 10.1 Å².